The van der Waals surface area contributed by atoms with Gasteiger partial charge in [-0.3, -0.25) is 4.79 Å². The van der Waals surface area contributed by atoms with Crippen LogP contribution in [-0.2, 0) is 0 Å². The lowest BCUT2D eigenvalue weighted by Gasteiger charge is -2.00. The molecule has 1 aromatic rings. The Bertz CT molecular complexity index is 365. The van der Waals surface area contributed by atoms with Crippen LogP contribution in [-0.4, -0.2) is 17.6 Å². The van der Waals surface area contributed by atoms with Crippen molar-refractivity contribution in [3.63, 3.8) is 0 Å². The molecule has 1 amide bonds. The highest BCUT2D eigenvalue weighted by molar-refractivity contribution is 5.91. The molecule has 0 aliphatic rings. The van der Waals surface area contributed by atoms with E-state index in [9.17, 15) is 4.79 Å². The number of amides is 1. The van der Waals surface area contributed by atoms with E-state index in [4.69, 9.17) is 9.78 Å². The lowest BCUT2D eigenvalue weighted by atomic mass is 10.2. The Labute approximate surface area is 88.1 Å². The Morgan fingerprint density at radius 3 is 3.07 bits per heavy atom. The molecule has 0 aliphatic carbocycles. The number of nitriles is 1. The molecule has 0 saturated carbocycles. The summed E-state index contributed by atoms with van der Waals surface area (Å²) in [5, 5.41) is 14.6. The first-order valence-corrected chi connectivity index (χ1v) is 4.82. The van der Waals surface area contributed by atoms with E-state index in [2.05, 4.69) is 10.5 Å². The van der Waals surface area contributed by atoms with Crippen LogP contribution in [0.25, 0.3) is 0 Å². The van der Waals surface area contributed by atoms with Crippen LogP contribution in [0, 0.1) is 18.3 Å². The van der Waals surface area contributed by atoms with Crippen LogP contribution in [0.15, 0.2) is 10.6 Å². The second-order valence-electron chi connectivity index (χ2n) is 3.20. The maximum Gasteiger partial charge on any atom is 0.289 e. The van der Waals surface area contributed by atoms with Crippen molar-refractivity contribution < 1.29 is 9.32 Å². The number of aromatic nitrogens is 1. The standard InChI is InChI=1S/C10H13N3O2/c1-8-7-9(15-13-8)10(14)12-6-4-2-3-5-11/h7H,2-4,6H2,1H3,(H,12,14). The van der Waals surface area contributed by atoms with Gasteiger partial charge in [0, 0.05) is 19.0 Å². The quantitative estimate of drug-likeness (QED) is 0.740. The maximum atomic E-state index is 11.4. The van der Waals surface area contributed by atoms with Crippen molar-refractivity contribution in [2.45, 2.75) is 26.2 Å². The second kappa shape index (κ2) is 5.81. The summed E-state index contributed by atoms with van der Waals surface area (Å²) in [6.45, 7) is 2.31. The molecule has 1 aromatic heterocycles. The molecule has 80 valence electrons. The predicted molar refractivity (Wildman–Crippen MR) is 53.0 cm³/mol. The van der Waals surface area contributed by atoms with Gasteiger partial charge < -0.3 is 9.84 Å². The molecule has 0 saturated heterocycles. The van der Waals surface area contributed by atoms with E-state index >= 15 is 0 Å². The zero-order chi connectivity index (χ0) is 11.1. The Balaban J connectivity index is 2.23. The molecule has 15 heavy (non-hydrogen) atoms. The average Bonchev–Trinajstić information content (AvgIpc) is 2.64. The van der Waals surface area contributed by atoms with Gasteiger partial charge in [0.15, 0.2) is 0 Å². The van der Waals surface area contributed by atoms with Gasteiger partial charge in [-0.1, -0.05) is 5.16 Å². The van der Waals surface area contributed by atoms with Gasteiger partial charge in [-0.05, 0) is 19.8 Å². The lowest BCUT2D eigenvalue weighted by molar-refractivity contribution is 0.0916. The van der Waals surface area contributed by atoms with Crippen molar-refractivity contribution in [1.29, 1.82) is 5.26 Å². The van der Waals surface area contributed by atoms with E-state index < -0.39 is 0 Å². The second-order valence-corrected chi connectivity index (χ2v) is 3.20. The maximum absolute atomic E-state index is 11.4. The number of rotatable bonds is 5. The summed E-state index contributed by atoms with van der Waals surface area (Å²) < 4.78 is 4.79. The minimum atomic E-state index is -0.257. The van der Waals surface area contributed by atoms with Gasteiger partial charge in [-0.15, -0.1) is 0 Å². The molecule has 0 atom stereocenters. The fraction of sp³-hybridized carbons (Fsp3) is 0.500. The highest BCUT2D eigenvalue weighted by Crippen LogP contribution is 2.01. The van der Waals surface area contributed by atoms with Gasteiger partial charge in [0.25, 0.3) is 5.91 Å². The van der Waals surface area contributed by atoms with E-state index in [1.807, 2.05) is 6.07 Å². The van der Waals surface area contributed by atoms with Gasteiger partial charge in [-0.2, -0.15) is 5.26 Å². The third-order valence-corrected chi connectivity index (χ3v) is 1.85. The third-order valence-electron chi connectivity index (χ3n) is 1.85. The largest absolute Gasteiger partial charge is 0.351 e. The fourth-order valence-electron chi connectivity index (χ4n) is 1.09. The number of hydrogen-bond donors (Lipinski definition) is 1. The van der Waals surface area contributed by atoms with Crippen molar-refractivity contribution in [2.24, 2.45) is 0 Å². The van der Waals surface area contributed by atoms with Gasteiger partial charge in [0.05, 0.1) is 11.8 Å². The molecule has 1 N–H and O–H groups in total. The van der Waals surface area contributed by atoms with Crippen molar-refractivity contribution in [1.82, 2.24) is 10.5 Å². The number of aryl methyl sites for hydroxylation is 1. The van der Waals surface area contributed by atoms with Crippen LogP contribution in [0.5, 0.6) is 0 Å². The van der Waals surface area contributed by atoms with Crippen LogP contribution in [0.2, 0.25) is 0 Å². The summed E-state index contributed by atoms with van der Waals surface area (Å²) in [6.07, 6.45) is 2.12. The first-order chi connectivity index (χ1) is 7.24. The van der Waals surface area contributed by atoms with Crippen molar-refractivity contribution >= 4 is 5.91 Å². The minimum Gasteiger partial charge on any atom is -0.351 e. The summed E-state index contributed by atoms with van der Waals surface area (Å²) in [5.74, 6) is -0.0275. The van der Waals surface area contributed by atoms with E-state index in [-0.39, 0.29) is 11.7 Å². The van der Waals surface area contributed by atoms with Gasteiger partial charge in [0.2, 0.25) is 5.76 Å². The monoisotopic (exact) mass is 207 g/mol. The van der Waals surface area contributed by atoms with Gasteiger partial charge in [0.1, 0.15) is 0 Å². The number of hydrogen-bond acceptors (Lipinski definition) is 4. The Morgan fingerprint density at radius 1 is 1.67 bits per heavy atom. The zero-order valence-electron chi connectivity index (χ0n) is 8.62. The zero-order valence-corrected chi connectivity index (χ0v) is 8.62. The molecule has 5 heteroatoms. The molecule has 0 aromatic carbocycles. The average molecular weight is 207 g/mol. The molecule has 5 nitrogen and oxygen atoms in total. The number of carbonyl (C=O) groups excluding carboxylic acids is 1. The van der Waals surface area contributed by atoms with E-state index in [0.29, 0.717) is 18.7 Å². The van der Waals surface area contributed by atoms with Crippen LogP contribution >= 0.6 is 0 Å². The first kappa shape index (κ1) is 11.2. The van der Waals surface area contributed by atoms with Crippen LogP contribution in [0.1, 0.15) is 35.5 Å². The number of carbonyl (C=O) groups is 1. The molecule has 1 rings (SSSR count). The highest BCUT2D eigenvalue weighted by Gasteiger charge is 2.09. The van der Waals surface area contributed by atoms with E-state index in [1.165, 1.54) is 0 Å². The normalized spacial score (nSPS) is 9.60. The Kier molecular flexibility index (Phi) is 4.35. The topological polar surface area (TPSA) is 78.9 Å². The van der Waals surface area contributed by atoms with Gasteiger partial charge >= 0.3 is 0 Å². The molecule has 0 aliphatic heterocycles. The smallest absolute Gasteiger partial charge is 0.289 e. The highest BCUT2D eigenvalue weighted by atomic mass is 16.5. The molecule has 0 unspecified atom stereocenters. The molecule has 0 radical (unpaired) electrons. The van der Waals surface area contributed by atoms with Crippen LogP contribution < -0.4 is 5.32 Å². The number of unbranched alkanes of at least 4 members (excludes halogenated alkanes) is 2. The fourth-order valence-corrected chi connectivity index (χ4v) is 1.09. The molecule has 0 fully saturated rings. The predicted octanol–water partition coefficient (Wildman–Crippen LogP) is 1.41. The van der Waals surface area contributed by atoms with E-state index in [0.717, 1.165) is 12.8 Å². The minimum absolute atomic E-state index is 0.229. The van der Waals surface area contributed by atoms with Crippen LogP contribution in [0.4, 0.5) is 0 Å². The third kappa shape index (κ3) is 3.81. The molecule has 0 bridgehead atoms. The lowest BCUT2D eigenvalue weighted by Crippen LogP contribution is -2.23. The van der Waals surface area contributed by atoms with Gasteiger partial charge in [-0.25, -0.2) is 0 Å². The Morgan fingerprint density at radius 2 is 2.47 bits per heavy atom. The summed E-state index contributed by atoms with van der Waals surface area (Å²) in [4.78, 5) is 11.4. The molecule has 0 spiro atoms. The Hall–Kier alpha value is -1.83. The molecule has 1 heterocycles. The summed E-state index contributed by atoms with van der Waals surface area (Å²) >= 11 is 0. The van der Waals surface area contributed by atoms with Crippen molar-refractivity contribution in [3.8, 4) is 6.07 Å². The molecular formula is C10H13N3O2. The number of nitrogens with one attached hydrogen (secondary N) is 1. The summed E-state index contributed by atoms with van der Waals surface area (Å²) in [5.41, 5.74) is 0.685. The number of nitrogens with zero attached hydrogens (tertiary/aromatic N) is 2. The van der Waals surface area contributed by atoms with Crippen molar-refractivity contribution in [2.75, 3.05) is 6.54 Å². The summed E-state index contributed by atoms with van der Waals surface area (Å²) in [6, 6.07) is 3.64. The molecular weight excluding hydrogens is 194 g/mol. The summed E-state index contributed by atoms with van der Waals surface area (Å²) in [7, 11) is 0. The van der Waals surface area contributed by atoms with Crippen molar-refractivity contribution in [3.05, 3.63) is 17.5 Å². The van der Waals surface area contributed by atoms with E-state index in [1.54, 1.807) is 13.0 Å². The SMILES string of the molecule is Cc1cc(C(=O)NCCCCC#N)on1. The first-order valence-electron chi connectivity index (χ1n) is 4.82. The van der Waals surface area contributed by atoms with Crippen LogP contribution in [0.3, 0.4) is 0 Å².